The van der Waals surface area contributed by atoms with Gasteiger partial charge in [-0.3, -0.25) is 9.78 Å². The maximum atomic E-state index is 11.6. The lowest BCUT2D eigenvalue weighted by Gasteiger charge is -2.11. The first-order valence-corrected chi connectivity index (χ1v) is 7.46. The maximum absolute atomic E-state index is 11.6. The Morgan fingerprint density at radius 1 is 1.41 bits per heavy atom. The van der Waals surface area contributed by atoms with Crippen molar-refractivity contribution in [1.29, 1.82) is 0 Å². The van der Waals surface area contributed by atoms with Crippen LogP contribution in [0.2, 0.25) is 0 Å². The summed E-state index contributed by atoms with van der Waals surface area (Å²) < 4.78 is 11.7. The fourth-order valence-corrected chi connectivity index (χ4v) is 3.17. The van der Waals surface area contributed by atoms with Gasteiger partial charge < -0.3 is 14.5 Å². The van der Waals surface area contributed by atoms with E-state index in [9.17, 15) is 4.79 Å². The molecule has 0 saturated carbocycles. The largest absolute Gasteiger partial charge is 0.490 e. The van der Waals surface area contributed by atoms with Crippen LogP contribution in [-0.4, -0.2) is 24.0 Å². The van der Waals surface area contributed by atoms with Crippen LogP contribution in [0.3, 0.4) is 0 Å². The van der Waals surface area contributed by atoms with E-state index in [0.29, 0.717) is 19.6 Å². The van der Waals surface area contributed by atoms with Crippen LogP contribution in [0.4, 0.5) is 0 Å². The van der Waals surface area contributed by atoms with Crippen LogP contribution in [0, 0.1) is 0 Å². The number of hydrogen-bond acceptors (Lipinski definition) is 4. The molecular formula is C17H16N2O3. The second-order valence-corrected chi connectivity index (χ2v) is 5.47. The minimum absolute atomic E-state index is 0.0986. The van der Waals surface area contributed by atoms with Gasteiger partial charge in [-0.1, -0.05) is 6.07 Å². The van der Waals surface area contributed by atoms with Gasteiger partial charge in [-0.2, -0.15) is 0 Å². The Balaban J connectivity index is 2.00. The van der Waals surface area contributed by atoms with Crippen molar-refractivity contribution in [3.63, 3.8) is 0 Å². The van der Waals surface area contributed by atoms with E-state index in [1.165, 1.54) is 0 Å². The third-order valence-corrected chi connectivity index (χ3v) is 4.14. The summed E-state index contributed by atoms with van der Waals surface area (Å²) in [5, 5.41) is 4.95. The summed E-state index contributed by atoms with van der Waals surface area (Å²) >= 11 is 0. The molecule has 1 aliphatic heterocycles. The van der Waals surface area contributed by atoms with E-state index < -0.39 is 0 Å². The zero-order valence-corrected chi connectivity index (χ0v) is 12.3. The van der Waals surface area contributed by atoms with E-state index in [1.54, 1.807) is 12.4 Å². The zero-order chi connectivity index (χ0) is 15.1. The van der Waals surface area contributed by atoms with Crippen LogP contribution in [-0.2, 0) is 4.79 Å². The van der Waals surface area contributed by atoms with E-state index in [-0.39, 0.29) is 11.8 Å². The summed E-state index contributed by atoms with van der Waals surface area (Å²) in [5.74, 6) is 0.996. The molecule has 5 heteroatoms. The predicted molar refractivity (Wildman–Crippen MR) is 83.1 cm³/mol. The highest BCUT2D eigenvalue weighted by molar-refractivity contribution is 6.08. The number of benzene rings is 1. The van der Waals surface area contributed by atoms with Crippen molar-refractivity contribution in [3.05, 3.63) is 36.2 Å². The number of rotatable bonds is 3. The smallest absolute Gasteiger partial charge is 0.220 e. The summed E-state index contributed by atoms with van der Waals surface area (Å²) in [6.45, 7) is 3.19. The van der Waals surface area contributed by atoms with Crippen molar-refractivity contribution in [2.45, 2.75) is 19.3 Å². The molecule has 1 aromatic carbocycles. The van der Waals surface area contributed by atoms with Gasteiger partial charge in [0.1, 0.15) is 0 Å². The van der Waals surface area contributed by atoms with Gasteiger partial charge in [0.15, 0.2) is 16.9 Å². The van der Waals surface area contributed by atoms with E-state index in [0.717, 1.165) is 33.3 Å². The van der Waals surface area contributed by atoms with Gasteiger partial charge in [-0.05, 0) is 24.6 Å². The van der Waals surface area contributed by atoms with Crippen LogP contribution >= 0.6 is 0 Å². The van der Waals surface area contributed by atoms with E-state index in [1.807, 2.05) is 25.1 Å². The predicted octanol–water partition coefficient (Wildman–Crippen LogP) is 2.98. The van der Waals surface area contributed by atoms with Crippen molar-refractivity contribution in [1.82, 2.24) is 10.3 Å². The van der Waals surface area contributed by atoms with E-state index in [2.05, 4.69) is 10.3 Å². The Kier molecular flexibility index (Phi) is 2.99. The second-order valence-electron chi connectivity index (χ2n) is 5.47. The van der Waals surface area contributed by atoms with Gasteiger partial charge in [0.25, 0.3) is 0 Å². The SMILES string of the molecule is CCOc1ccc(C2CNC(=O)C2)c2c1oc1cnccc12. The number of carbonyl (C=O) groups is 1. The lowest BCUT2D eigenvalue weighted by atomic mass is 9.93. The fraction of sp³-hybridized carbons (Fsp3) is 0.294. The first kappa shape index (κ1) is 13.1. The molecule has 1 atom stereocenters. The molecule has 1 amide bonds. The molecule has 0 radical (unpaired) electrons. The number of fused-ring (bicyclic) bond motifs is 3. The molecule has 0 bridgehead atoms. The highest BCUT2D eigenvalue weighted by Crippen LogP contribution is 2.40. The minimum Gasteiger partial charge on any atom is -0.490 e. The number of pyridine rings is 1. The molecule has 2 aromatic heterocycles. The maximum Gasteiger partial charge on any atom is 0.220 e. The molecule has 3 heterocycles. The number of furan rings is 1. The molecule has 5 nitrogen and oxygen atoms in total. The Morgan fingerprint density at radius 2 is 2.32 bits per heavy atom. The number of nitrogens with zero attached hydrogens (tertiary/aromatic N) is 1. The van der Waals surface area contributed by atoms with Crippen molar-refractivity contribution in [2.24, 2.45) is 0 Å². The number of nitrogens with one attached hydrogen (secondary N) is 1. The van der Waals surface area contributed by atoms with Crippen molar-refractivity contribution >= 4 is 27.8 Å². The molecule has 1 N–H and O–H groups in total. The quantitative estimate of drug-likeness (QED) is 0.807. The summed E-state index contributed by atoms with van der Waals surface area (Å²) in [7, 11) is 0. The standard InChI is InChI=1S/C17H16N2O3/c1-2-21-13-4-3-11(10-7-15(20)19-8-10)16-12-5-6-18-9-14(12)22-17(13)16/h3-6,9-10H,2,7-8H2,1H3,(H,19,20). The summed E-state index contributed by atoms with van der Waals surface area (Å²) in [5.41, 5.74) is 2.60. The molecule has 1 fully saturated rings. The Morgan fingerprint density at radius 3 is 3.09 bits per heavy atom. The highest BCUT2D eigenvalue weighted by Gasteiger charge is 2.27. The first-order chi connectivity index (χ1) is 10.8. The van der Waals surface area contributed by atoms with Crippen LogP contribution < -0.4 is 10.1 Å². The molecule has 22 heavy (non-hydrogen) atoms. The molecule has 112 valence electrons. The fourth-order valence-electron chi connectivity index (χ4n) is 3.17. The Bertz CT molecular complexity index is 869. The number of aromatic nitrogens is 1. The van der Waals surface area contributed by atoms with Crippen LogP contribution in [0.25, 0.3) is 21.9 Å². The summed E-state index contributed by atoms with van der Waals surface area (Å²) in [4.78, 5) is 15.7. The van der Waals surface area contributed by atoms with Crippen molar-refractivity contribution in [3.8, 4) is 5.75 Å². The van der Waals surface area contributed by atoms with Crippen LogP contribution in [0.5, 0.6) is 5.75 Å². The van der Waals surface area contributed by atoms with Gasteiger partial charge in [0.05, 0.1) is 12.8 Å². The molecule has 1 saturated heterocycles. The normalized spacial score (nSPS) is 18.0. The number of amides is 1. The second kappa shape index (κ2) is 5.02. The first-order valence-electron chi connectivity index (χ1n) is 7.46. The topological polar surface area (TPSA) is 64.4 Å². The molecule has 1 aliphatic rings. The molecule has 3 aromatic rings. The number of hydrogen-bond donors (Lipinski definition) is 1. The van der Waals surface area contributed by atoms with Crippen molar-refractivity contribution < 1.29 is 13.9 Å². The number of carbonyl (C=O) groups excluding carboxylic acids is 1. The Labute approximate surface area is 127 Å². The van der Waals surface area contributed by atoms with Gasteiger partial charge in [-0.15, -0.1) is 0 Å². The lowest BCUT2D eigenvalue weighted by Crippen LogP contribution is -2.13. The average Bonchev–Trinajstić information content (AvgIpc) is 3.12. The van der Waals surface area contributed by atoms with Crippen molar-refractivity contribution in [2.75, 3.05) is 13.2 Å². The zero-order valence-electron chi connectivity index (χ0n) is 12.3. The number of ether oxygens (including phenoxy) is 1. The monoisotopic (exact) mass is 296 g/mol. The molecule has 1 unspecified atom stereocenters. The van der Waals surface area contributed by atoms with E-state index >= 15 is 0 Å². The molecule has 0 aliphatic carbocycles. The third kappa shape index (κ3) is 1.93. The van der Waals surface area contributed by atoms with E-state index in [4.69, 9.17) is 9.15 Å². The summed E-state index contributed by atoms with van der Waals surface area (Å²) in [6, 6.07) is 5.93. The third-order valence-electron chi connectivity index (χ3n) is 4.14. The molecule has 4 rings (SSSR count). The minimum atomic E-state index is 0.0986. The van der Waals surface area contributed by atoms with Gasteiger partial charge in [-0.25, -0.2) is 0 Å². The molecular weight excluding hydrogens is 280 g/mol. The summed E-state index contributed by atoms with van der Waals surface area (Å²) in [6.07, 6.45) is 3.99. The van der Waals surface area contributed by atoms with Crippen LogP contribution in [0.1, 0.15) is 24.8 Å². The van der Waals surface area contributed by atoms with Crippen LogP contribution in [0.15, 0.2) is 35.0 Å². The van der Waals surface area contributed by atoms with Gasteiger partial charge >= 0.3 is 0 Å². The highest BCUT2D eigenvalue weighted by atomic mass is 16.5. The molecule has 0 spiro atoms. The average molecular weight is 296 g/mol. The Hall–Kier alpha value is -2.56. The lowest BCUT2D eigenvalue weighted by molar-refractivity contribution is -0.119. The van der Waals surface area contributed by atoms with Gasteiger partial charge in [0, 0.05) is 35.9 Å². The van der Waals surface area contributed by atoms with Gasteiger partial charge in [0.2, 0.25) is 5.91 Å².